The number of aromatic nitrogens is 2. The fourth-order valence-electron chi connectivity index (χ4n) is 3.11. The lowest BCUT2D eigenvalue weighted by Gasteiger charge is -2.36. The number of aryl methyl sites for hydroxylation is 1. The highest BCUT2D eigenvalue weighted by Crippen LogP contribution is 2.34. The minimum atomic E-state index is -4.35. The molecule has 1 fully saturated rings. The maximum atomic E-state index is 12.7. The Hall–Kier alpha value is -2.31. The van der Waals surface area contributed by atoms with Crippen molar-refractivity contribution >= 4 is 5.91 Å². The summed E-state index contributed by atoms with van der Waals surface area (Å²) in [6, 6.07) is 4.91. The van der Waals surface area contributed by atoms with Gasteiger partial charge < -0.3 is 4.90 Å². The number of hydrogen-bond donors (Lipinski definition) is 0. The Morgan fingerprint density at radius 3 is 2.50 bits per heavy atom. The van der Waals surface area contributed by atoms with E-state index in [2.05, 4.69) is 5.10 Å². The molecule has 0 aliphatic carbocycles. The third-order valence-electron chi connectivity index (χ3n) is 4.34. The molecular formula is C17H18F3N3O. The first-order valence-corrected chi connectivity index (χ1v) is 7.83. The van der Waals surface area contributed by atoms with Gasteiger partial charge in [0.05, 0.1) is 23.4 Å². The number of piperidine rings is 1. The first-order valence-electron chi connectivity index (χ1n) is 7.83. The number of halogens is 3. The second-order valence-electron chi connectivity index (χ2n) is 6.03. The molecule has 128 valence electrons. The fourth-order valence-corrected chi connectivity index (χ4v) is 3.11. The standard InChI is InChI=1S/C17H18F3N3O/c1-22-11-13(10-21-22)16(24)23-9-3-2-4-15(23)12-5-7-14(8-6-12)17(18,19)20/h5-8,10-11,15H,2-4,9H2,1H3. The molecule has 0 spiro atoms. The van der Waals surface area contributed by atoms with Gasteiger partial charge in [0.25, 0.3) is 5.91 Å². The van der Waals surface area contributed by atoms with Crippen LogP contribution in [-0.4, -0.2) is 27.1 Å². The fraction of sp³-hybridized carbons (Fsp3) is 0.412. The van der Waals surface area contributed by atoms with Crippen LogP contribution in [0.15, 0.2) is 36.7 Å². The van der Waals surface area contributed by atoms with Crippen LogP contribution in [-0.2, 0) is 13.2 Å². The Morgan fingerprint density at radius 1 is 1.21 bits per heavy atom. The molecule has 1 aliphatic heterocycles. The normalized spacial score (nSPS) is 18.7. The van der Waals surface area contributed by atoms with Crippen LogP contribution in [0.4, 0.5) is 13.2 Å². The van der Waals surface area contributed by atoms with Crippen LogP contribution in [0.3, 0.4) is 0 Å². The lowest BCUT2D eigenvalue weighted by atomic mass is 9.94. The van der Waals surface area contributed by atoms with Crippen LogP contribution in [0.25, 0.3) is 0 Å². The van der Waals surface area contributed by atoms with Gasteiger partial charge in [-0.2, -0.15) is 18.3 Å². The summed E-state index contributed by atoms with van der Waals surface area (Å²) in [7, 11) is 1.74. The second kappa shape index (κ2) is 6.30. The van der Waals surface area contributed by atoms with Crippen LogP contribution < -0.4 is 0 Å². The van der Waals surface area contributed by atoms with E-state index >= 15 is 0 Å². The maximum absolute atomic E-state index is 12.7. The minimum absolute atomic E-state index is 0.132. The van der Waals surface area contributed by atoms with Crippen LogP contribution in [0.1, 0.15) is 46.8 Å². The summed E-state index contributed by atoms with van der Waals surface area (Å²) < 4.78 is 39.7. The van der Waals surface area contributed by atoms with Gasteiger partial charge in [0.2, 0.25) is 0 Å². The van der Waals surface area contributed by atoms with Gasteiger partial charge >= 0.3 is 6.18 Å². The first-order chi connectivity index (χ1) is 11.4. The molecule has 1 unspecified atom stereocenters. The summed E-state index contributed by atoms with van der Waals surface area (Å²) in [6.45, 7) is 0.597. The molecule has 1 atom stereocenters. The Labute approximate surface area is 137 Å². The predicted octanol–water partition coefficient (Wildman–Crippen LogP) is 3.81. The van der Waals surface area contributed by atoms with Crippen LogP contribution in [0.2, 0.25) is 0 Å². The molecular weight excluding hydrogens is 319 g/mol. The molecule has 1 amide bonds. The summed E-state index contributed by atoms with van der Waals surface area (Å²) in [6.07, 6.45) is 1.40. The van der Waals surface area contributed by atoms with Crippen LogP contribution in [0.5, 0.6) is 0 Å². The molecule has 2 heterocycles. The number of carbonyl (C=O) groups is 1. The monoisotopic (exact) mass is 337 g/mol. The van der Waals surface area contributed by atoms with E-state index in [0.29, 0.717) is 12.1 Å². The molecule has 0 bridgehead atoms. The highest BCUT2D eigenvalue weighted by molar-refractivity contribution is 5.94. The van der Waals surface area contributed by atoms with Gasteiger partial charge in [0, 0.05) is 19.8 Å². The van der Waals surface area contributed by atoms with E-state index in [-0.39, 0.29) is 11.9 Å². The first kappa shape index (κ1) is 16.5. The van der Waals surface area contributed by atoms with Gasteiger partial charge in [-0.3, -0.25) is 9.48 Å². The number of likely N-dealkylation sites (tertiary alicyclic amines) is 1. The molecule has 7 heteroatoms. The van der Waals surface area contributed by atoms with E-state index in [9.17, 15) is 18.0 Å². The number of alkyl halides is 3. The molecule has 4 nitrogen and oxygen atoms in total. The summed E-state index contributed by atoms with van der Waals surface area (Å²) in [4.78, 5) is 14.5. The average molecular weight is 337 g/mol. The average Bonchev–Trinajstić information content (AvgIpc) is 3.00. The Kier molecular flexibility index (Phi) is 4.34. The van der Waals surface area contributed by atoms with E-state index in [1.54, 1.807) is 22.8 Å². The molecule has 3 rings (SSSR count). The Bertz CT molecular complexity index is 721. The zero-order chi connectivity index (χ0) is 17.3. The van der Waals surface area contributed by atoms with Crippen molar-refractivity contribution in [3.8, 4) is 0 Å². The van der Waals surface area contributed by atoms with Gasteiger partial charge in [-0.15, -0.1) is 0 Å². The van der Waals surface area contributed by atoms with E-state index < -0.39 is 11.7 Å². The van der Waals surface area contributed by atoms with Gasteiger partial charge in [0.15, 0.2) is 0 Å². The number of hydrogen-bond acceptors (Lipinski definition) is 2. The Morgan fingerprint density at radius 2 is 1.92 bits per heavy atom. The van der Waals surface area contributed by atoms with Crippen molar-refractivity contribution in [2.45, 2.75) is 31.5 Å². The number of rotatable bonds is 2. The highest BCUT2D eigenvalue weighted by Gasteiger charge is 2.32. The number of nitrogens with zero attached hydrogens (tertiary/aromatic N) is 3. The molecule has 1 saturated heterocycles. The van der Waals surface area contributed by atoms with Crippen molar-refractivity contribution in [3.05, 3.63) is 53.3 Å². The molecule has 1 aromatic heterocycles. The van der Waals surface area contributed by atoms with Crippen molar-refractivity contribution in [2.24, 2.45) is 7.05 Å². The maximum Gasteiger partial charge on any atom is 0.416 e. The van der Waals surface area contributed by atoms with Crippen molar-refractivity contribution in [2.75, 3.05) is 6.54 Å². The van der Waals surface area contributed by atoms with E-state index in [4.69, 9.17) is 0 Å². The van der Waals surface area contributed by atoms with Gasteiger partial charge in [-0.25, -0.2) is 0 Å². The summed E-state index contributed by atoms with van der Waals surface area (Å²) in [5.74, 6) is -0.132. The molecule has 2 aromatic rings. The third kappa shape index (κ3) is 3.29. The number of amides is 1. The zero-order valence-electron chi connectivity index (χ0n) is 13.3. The predicted molar refractivity (Wildman–Crippen MR) is 82.3 cm³/mol. The lowest BCUT2D eigenvalue weighted by molar-refractivity contribution is -0.137. The van der Waals surface area contributed by atoms with E-state index in [0.717, 1.165) is 37.0 Å². The van der Waals surface area contributed by atoms with Gasteiger partial charge in [-0.05, 0) is 37.0 Å². The highest BCUT2D eigenvalue weighted by atomic mass is 19.4. The number of benzene rings is 1. The summed E-state index contributed by atoms with van der Waals surface area (Å²) >= 11 is 0. The zero-order valence-corrected chi connectivity index (χ0v) is 13.3. The third-order valence-corrected chi connectivity index (χ3v) is 4.34. The molecule has 0 N–H and O–H groups in total. The largest absolute Gasteiger partial charge is 0.416 e. The van der Waals surface area contributed by atoms with Crippen molar-refractivity contribution in [3.63, 3.8) is 0 Å². The molecule has 24 heavy (non-hydrogen) atoms. The lowest BCUT2D eigenvalue weighted by Crippen LogP contribution is -2.38. The molecule has 1 aliphatic rings. The smallest absolute Gasteiger partial charge is 0.332 e. The minimum Gasteiger partial charge on any atom is -0.332 e. The van der Waals surface area contributed by atoms with E-state index in [1.165, 1.54) is 18.3 Å². The molecule has 0 saturated carbocycles. The number of carbonyl (C=O) groups excluding carboxylic acids is 1. The quantitative estimate of drug-likeness (QED) is 0.836. The van der Waals surface area contributed by atoms with E-state index in [1.807, 2.05) is 0 Å². The molecule has 1 aromatic carbocycles. The summed E-state index contributed by atoms with van der Waals surface area (Å²) in [5, 5.41) is 4.01. The molecule has 0 radical (unpaired) electrons. The van der Waals surface area contributed by atoms with Gasteiger partial charge in [-0.1, -0.05) is 12.1 Å². The topological polar surface area (TPSA) is 38.1 Å². The second-order valence-corrected chi connectivity index (χ2v) is 6.03. The van der Waals surface area contributed by atoms with Crippen LogP contribution >= 0.6 is 0 Å². The van der Waals surface area contributed by atoms with Gasteiger partial charge in [0.1, 0.15) is 0 Å². The van der Waals surface area contributed by atoms with Crippen molar-refractivity contribution in [1.29, 1.82) is 0 Å². The van der Waals surface area contributed by atoms with Crippen molar-refractivity contribution in [1.82, 2.24) is 14.7 Å². The summed E-state index contributed by atoms with van der Waals surface area (Å²) in [5.41, 5.74) is 0.559. The van der Waals surface area contributed by atoms with Crippen LogP contribution in [0, 0.1) is 0 Å². The SMILES string of the molecule is Cn1cc(C(=O)N2CCCCC2c2ccc(C(F)(F)F)cc2)cn1. The Balaban J connectivity index is 1.85. The van der Waals surface area contributed by atoms with Crippen molar-refractivity contribution < 1.29 is 18.0 Å².